The van der Waals surface area contributed by atoms with Crippen molar-refractivity contribution in [3.63, 3.8) is 0 Å². The van der Waals surface area contributed by atoms with Gasteiger partial charge in [-0.05, 0) is 51.0 Å². The number of nitro groups is 2. The fourth-order valence-corrected chi connectivity index (χ4v) is 5.75. The highest BCUT2D eigenvalue weighted by Gasteiger charge is 2.35. The first-order valence-electron chi connectivity index (χ1n) is 7.94. The van der Waals surface area contributed by atoms with Crippen molar-refractivity contribution in [3.8, 4) is 0 Å². The second-order valence-corrected chi connectivity index (χ2v) is 10.0. The van der Waals surface area contributed by atoms with E-state index in [-0.39, 0.29) is 11.4 Å². The predicted octanol–water partition coefficient (Wildman–Crippen LogP) is 6.71. The van der Waals surface area contributed by atoms with Crippen LogP contribution in [0.4, 0.5) is 11.4 Å². The maximum atomic E-state index is 10.9. The van der Waals surface area contributed by atoms with Crippen LogP contribution in [-0.2, 0) is 9.49 Å². The summed E-state index contributed by atoms with van der Waals surface area (Å²) in [5, 5.41) is 22.5. The van der Waals surface area contributed by atoms with Crippen LogP contribution in [0, 0.1) is 20.2 Å². The molecule has 0 N–H and O–H groups in total. The first-order valence-corrected chi connectivity index (χ1v) is 9.51. The first-order chi connectivity index (χ1) is 12.3. The zero-order chi connectivity index (χ0) is 20.6. The van der Waals surface area contributed by atoms with Crippen LogP contribution in [0.15, 0.2) is 36.4 Å². The smallest absolute Gasteiger partial charge is 0.258 e. The van der Waals surface area contributed by atoms with Crippen molar-refractivity contribution >= 4 is 46.3 Å². The Morgan fingerprint density at radius 3 is 1.37 bits per heavy atom. The molecule has 144 valence electrons. The second kappa shape index (κ2) is 7.66. The molecule has 9 heteroatoms. The molecule has 0 aromatic heterocycles. The largest absolute Gasteiger partial charge is 0.270 e. The molecule has 2 aromatic rings. The maximum Gasteiger partial charge on any atom is 0.270 e. The maximum absolute atomic E-state index is 10.9. The van der Waals surface area contributed by atoms with Gasteiger partial charge in [0.05, 0.1) is 19.9 Å². The minimum Gasteiger partial charge on any atom is -0.258 e. The molecular weight excluding hydrogens is 411 g/mol. The van der Waals surface area contributed by atoms with E-state index in [1.54, 1.807) is 23.9 Å². The zero-order valence-corrected chi connectivity index (χ0v) is 17.5. The molecule has 0 heterocycles. The Labute approximate surface area is 171 Å². The third-order valence-corrected chi connectivity index (χ3v) is 6.22. The zero-order valence-electron chi connectivity index (χ0n) is 15.2. The third-order valence-electron chi connectivity index (χ3n) is 4.13. The van der Waals surface area contributed by atoms with Gasteiger partial charge in [-0.15, -0.1) is 11.8 Å². The molecule has 0 atom stereocenters. The average Bonchev–Trinajstić information content (AvgIpc) is 2.52. The summed E-state index contributed by atoms with van der Waals surface area (Å²) in [7, 11) is 0. The van der Waals surface area contributed by atoms with Gasteiger partial charge in [0, 0.05) is 33.8 Å². The molecule has 0 amide bonds. The highest BCUT2D eigenvalue weighted by atomic mass is 35.5. The van der Waals surface area contributed by atoms with E-state index in [2.05, 4.69) is 0 Å². The van der Waals surface area contributed by atoms with Gasteiger partial charge < -0.3 is 0 Å². The molecule has 0 aliphatic carbocycles. The van der Waals surface area contributed by atoms with Gasteiger partial charge in [0.15, 0.2) is 0 Å². The number of thioether (sulfide) groups is 1. The first kappa shape index (κ1) is 21.5. The van der Waals surface area contributed by atoms with E-state index in [1.165, 1.54) is 24.3 Å². The summed E-state index contributed by atoms with van der Waals surface area (Å²) in [5.74, 6) is 0. The molecule has 0 spiro atoms. The van der Waals surface area contributed by atoms with Gasteiger partial charge in [-0.3, -0.25) is 20.2 Å². The molecule has 0 unspecified atom stereocenters. The van der Waals surface area contributed by atoms with Gasteiger partial charge in [-0.1, -0.05) is 23.2 Å². The van der Waals surface area contributed by atoms with Gasteiger partial charge in [-0.2, -0.15) is 0 Å². The summed E-state index contributed by atoms with van der Waals surface area (Å²) in [5.41, 5.74) is 1.38. The lowest BCUT2D eigenvalue weighted by molar-refractivity contribution is -0.385. The van der Waals surface area contributed by atoms with Crippen molar-refractivity contribution < 1.29 is 9.85 Å². The topological polar surface area (TPSA) is 86.3 Å². The SMILES string of the molecule is CC(C)(SC(C)(C)c1ccc([N+](=O)[O-])cc1Cl)c1ccc([N+](=O)[O-])cc1Cl. The number of benzene rings is 2. The Bertz CT molecular complexity index is 843. The minimum absolute atomic E-state index is 0.0674. The monoisotopic (exact) mass is 428 g/mol. The van der Waals surface area contributed by atoms with E-state index in [0.29, 0.717) is 10.0 Å². The number of hydrogen-bond acceptors (Lipinski definition) is 5. The van der Waals surface area contributed by atoms with E-state index in [4.69, 9.17) is 23.2 Å². The number of halogens is 2. The fourth-order valence-electron chi connectivity index (χ4n) is 2.96. The van der Waals surface area contributed by atoms with E-state index in [0.717, 1.165) is 11.1 Å². The van der Waals surface area contributed by atoms with Crippen molar-refractivity contribution in [1.29, 1.82) is 0 Å². The van der Waals surface area contributed by atoms with Crippen molar-refractivity contribution in [2.75, 3.05) is 0 Å². The number of nitro benzene ring substituents is 2. The van der Waals surface area contributed by atoms with E-state index in [9.17, 15) is 20.2 Å². The lowest BCUT2D eigenvalue weighted by Gasteiger charge is -2.36. The highest BCUT2D eigenvalue weighted by molar-refractivity contribution is 8.01. The number of rotatable bonds is 6. The summed E-state index contributed by atoms with van der Waals surface area (Å²) in [4.78, 5) is 20.9. The number of hydrogen-bond donors (Lipinski definition) is 0. The molecule has 6 nitrogen and oxygen atoms in total. The van der Waals surface area contributed by atoms with E-state index in [1.807, 2.05) is 27.7 Å². The molecule has 2 rings (SSSR count). The van der Waals surface area contributed by atoms with Crippen LogP contribution in [0.2, 0.25) is 10.0 Å². The van der Waals surface area contributed by atoms with Crippen LogP contribution in [-0.4, -0.2) is 9.85 Å². The Hall–Kier alpha value is -1.83. The molecular formula is C18H18Cl2N2O4S. The molecule has 0 radical (unpaired) electrons. The molecule has 0 saturated carbocycles. The minimum atomic E-state index is -0.499. The summed E-state index contributed by atoms with van der Waals surface area (Å²) >= 11 is 14.2. The van der Waals surface area contributed by atoms with Crippen LogP contribution >= 0.6 is 35.0 Å². The summed E-state index contributed by atoms with van der Waals surface area (Å²) in [6, 6.07) is 8.84. The number of nitrogens with zero attached hydrogens (tertiary/aromatic N) is 2. The van der Waals surface area contributed by atoms with Crippen molar-refractivity contribution in [1.82, 2.24) is 0 Å². The molecule has 2 aromatic carbocycles. The average molecular weight is 429 g/mol. The molecule has 0 aliphatic heterocycles. The lowest BCUT2D eigenvalue weighted by atomic mass is 10.0. The normalized spacial score (nSPS) is 12.1. The van der Waals surface area contributed by atoms with Gasteiger partial charge in [0.2, 0.25) is 0 Å². The second-order valence-electron chi connectivity index (χ2n) is 6.97. The molecule has 0 saturated heterocycles. The van der Waals surface area contributed by atoms with Crippen LogP contribution in [0.25, 0.3) is 0 Å². The molecule has 0 aliphatic rings. The van der Waals surface area contributed by atoms with Crippen LogP contribution in [0.5, 0.6) is 0 Å². The molecule has 27 heavy (non-hydrogen) atoms. The Balaban J connectivity index is 2.38. The summed E-state index contributed by atoms with van der Waals surface area (Å²) in [6.07, 6.45) is 0. The number of non-ortho nitro benzene ring substituents is 2. The lowest BCUT2D eigenvalue weighted by Crippen LogP contribution is -2.23. The predicted molar refractivity (Wildman–Crippen MR) is 110 cm³/mol. The quantitative estimate of drug-likeness (QED) is 0.376. The highest BCUT2D eigenvalue weighted by Crippen LogP contribution is 2.51. The Morgan fingerprint density at radius 2 is 1.11 bits per heavy atom. The van der Waals surface area contributed by atoms with Crippen LogP contribution in [0.3, 0.4) is 0 Å². The van der Waals surface area contributed by atoms with E-state index < -0.39 is 19.3 Å². The summed E-state index contributed by atoms with van der Waals surface area (Å²) < 4.78 is -0.998. The van der Waals surface area contributed by atoms with Crippen LogP contribution in [0.1, 0.15) is 38.8 Å². The van der Waals surface area contributed by atoms with Gasteiger partial charge in [-0.25, -0.2) is 0 Å². The van der Waals surface area contributed by atoms with Crippen LogP contribution < -0.4 is 0 Å². The summed E-state index contributed by atoms with van der Waals surface area (Å²) in [6.45, 7) is 7.86. The molecule has 0 bridgehead atoms. The Morgan fingerprint density at radius 1 is 0.778 bits per heavy atom. The van der Waals surface area contributed by atoms with Crippen molar-refractivity contribution in [2.45, 2.75) is 37.2 Å². The van der Waals surface area contributed by atoms with Gasteiger partial charge in [0.1, 0.15) is 0 Å². The Kier molecular flexibility index (Phi) is 6.09. The standard InChI is InChI=1S/C18H18Cl2N2O4S/c1-17(2,13-7-5-11(21(23)24)9-15(13)19)27-18(3,4)14-8-6-12(22(25)26)10-16(14)20/h5-10H,1-4H3. The third kappa shape index (κ3) is 4.72. The van der Waals surface area contributed by atoms with Crippen molar-refractivity contribution in [2.24, 2.45) is 0 Å². The van der Waals surface area contributed by atoms with E-state index >= 15 is 0 Å². The van der Waals surface area contributed by atoms with Crippen molar-refractivity contribution in [3.05, 3.63) is 77.8 Å². The van der Waals surface area contributed by atoms with Gasteiger partial charge in [0.25, 0.3) is 11.4 Å². The van der Waals surface area contributed by atoms with Gasteiger partial charge >= 0.3 is 0 Å². The molecule has 0 fully saturated rings. The fraction of sp³-hybridized carbons (Fsp3) is 0.333.